The highest BCUT2D eigenvalue weighted by Crippen LogP contribution is 2.31. The number of benzene rings is 2. The van der Waals surface area contributed by atoms with Crippen molar-refractivity contribution in [1.29, 1.82) is 0 Å². The van der Waals surface area contributed by atoms with E-state index in [1.807, 2.05) is 0 Å². The van der Waals surface area contributed by atoms with Crippen LogP contribution in [0.25, 0.3) is 10.9 Å². The number of rotatable bonds is 4. The molecule has 1 N–H and O–H groups in total. The van der Waals surface area contributed by atoms with Crippen molar-refractivity contribution in [2.75, 3.05) is 23.3 Å². The molecule has 3 aromatic rings. The number of nitrogens with zero attached hydrogens (tertiary/aromatic N) is 2. The van der Waals surface area contributed by atoms with Gasteiger partial charge in [0.05, 0.1) is 5.52 Å². The Hall–Kier alpha value is -2.62. The first-order valence-corrected chi connectivity index (χ1v) is 8.84. The summed E-state index contributed by atoms with van der Waals surface area (Å²) in [6, 6.07) is 15.1. The van der Waals surface area contributed by atoms with E-state index in [-0.39, 0.29) is 5.82 Å². The van der Waals surface area contributed by atoms with E-state index in [4.69, 9.17) is 4.98 Å². The molecule has 1 fully saturated rings. The molecule has 0 atom stereocenters. The molecule has 0 saturated carbocycles. The van der Waals surface area contributed by atoms with Gasteiger partial charge in [-0.1, -0.05) is 12.1 Å². The summed E-state index contributed by atoms with van der Waals surface area (Å²) in [5.41, 5.74) is 5.44. The fraction of sp³-hybridized carbons (Fsp3) is 0.286. The van der Waals surface area contributed by atoms with E-state index < -0.39 is 0 Å². The lowest BCUT2D eigenvalue weighted by atomic mass is 10.1. The van der Waals surface area contributed by atoms with Gasteiger partial charge in [-0.2, -0.15) is 0 Å². The average Bonchev–Trinajstić information content (AvgIpc) is 3.14. The number of pyridine rings is 1. The van der Waals surface area contributed by atoms with Gasteiger partial charge in [-0.25, -0.2) is 4.39 Å². The highest BCUT2D eigenvalue weighted by molar-refractivity contribution is 5.94. The minimum Gasteiger partial charge on any atom is -0.381 e. The van der Waals surface area contributed by atoms with Crippen LogP contribution in [0, 0.1) is 12.7 Å². The molecular formula is C21H22FN3. The Balaban J connectivity index is 1.60. The fourth-order valence-electron chi connectivity index (χ4n) is 3.47. The van der Waals surface area contributed by atoms with Crippen LogP contribution in [0.1, 0.15) is 24.1 Å². The van der Waals surface area contributed by atoms with Crippen LogP contribution in [-0.2, 0) is 6.54 Å². The Morgan fingerprint density at radius 2 is 1.80 bits per heavy atom. The molecule has 0 aliphatic carbocycles. The molecule has 0 amide bonds. The molecule has 0 unspecified atom stereocenters. The number of halogens is 1. The van der Waals surface area contributed by atoms with Crippen LogP contribution >= 0.6 is 0 Å². The summed E-state index contributed by atoms with van der Waals surface area (Å²) in [5.74, 6) is -0.205. The zero-order chi connectivity index (χ0) is 17.2. The Morgan fingerprint density at radius 3 is 2.56 bits per heavy atom. The monoisotopic (exact) mass is 335 g/mol. The van der Waals surface area contributed by atoms with Gasteiger partial charge in [0.1, 0.15) is 5.82 Å². The van der Waals surface area contributed by atoms with Crippen LogP contribution in [0.4, 0.5) is 15.8 Å². The van der Waals surface area contributed by atoms with Crippen LogP contribution in [-0.4, -0.2) is 18.1 Å². The van der Waals surface area contributed by atoms with E-state index in [9.17, 15) is 4.39 Å². The summed E-state index contributed by atoms with van der Waals surface area (Å²) < 4.78 is 13.0. The lowest BCUT2D eigenvalue weighted by molar-refractivity contribution is 0.627. The Bertz CT molecular complexity index is 884. The number of nitrogens with one attached hydrogen (secondary N) is 1. The molecular weight excluding hydrogens is 313 g/mol. The van der Waals surface area contributed by atoms with Gasteiger partial charge in [-0.05, 0) is 61.7 Å². The van der Waals surface area contributed by atoms with Crippen LogP contribution in [0.15, 0.2) is 48.5 Å². The molecule has 4 heteroatoms. The van der Waals surface area contributed by atoms with Crippen molar-refractivity contribution in [3.8, 4) is 0 Å². The molecule has 1 aliphatic heterocycles. The van der Waals surface area contributed by atoms with Crippen molar-refractivity contribution >= 4 is 22.3 Å². The third-order valence-corrected chi connectivity index (χ3v) is 4.77. The summed E-state index contributed by atoms with van der Waals surface area (Å²) in [6.07, 6.45) is 2.53. The second kappa shape index (κ2) is 6.71. The Labute approximate surface area is 147 Å². The third-order valence-electron chi connectivity index (χ3n) is 4.77. The number of aromatic nitrogens is 1. The van der Waals surface area contributed by atoms with E-state index in [0.717, 1.165) is 35.6 Å². The zero-order valence-corrected chi connectivity index (χ0v) is 14.4. The van der Waals surface area contributed by atoms with Crippen molar-refractivity contribution < 1.29 is 4.39 Å². The first-order valence-electron chi connectivity index (χ1n) is 8.84. The molecule has 1 saturated heterocycles. The third kappa shape index (κ3) is 3.43. The molecule has 3 nitrogen and oxygen atoms in total. The van der Waals surface area contributed by atoms with Gasteiger partial charge in [0.2, 0.25) is 0 Å². The van der Waals surface area contributed by atoms with E-state index in [2.05, 4.69) is 41.4 Å². The van der Waals surface area contributed by atoms with E-state index in [1.54, 1.807) is 12.1 Å². The highest BCUT2D eigenvalue weighted by atomic mass is 19.1. The maximum atomic E-state index is 13.0. The summed E-state index contributed by atoms with van der Waals surface area (Å²) in [4.78, 5) is 7.18. The molecule has 0 radical (unpaired) electrons. The Kier molecular flexibility index (Phi) is 4.26. The summed E-state index contributed by atoms with van der Waals surface area (Å²) in [5, 5.41) is 4.61. The minimum atomic E-state index is -0.205. The van der Waals surface area contributed by atoms with Crippen molar-refractivity contribution in [1.82, 2.24) is 4.98 Å². The second-order valence-electron chi connectivity index (χ2n) is 6.69. The molecule has 128 valence electrons. The molecule has 4 rings (SSSR count). The first-order chi connectivity index (χ1) is 12.2. The predicted molar refractivity (Wildman–Crippen MR) is 102 cm³/mol. The highest BCUT2D eigenvalue weighted by Gasteiger charge is 2.16. The zero-order valence-electron chi connectivity index (χ0n) is 14.4. The molecule has 2 heterocycles. The van der Waals surface area contributed by atoms with Gasteiger partial charge >= 0.3 is 0 Å². The van der Waals surface area contributed by atoms with E-state index >= 15 is 0 Å². The van der Waals surface area contributed by atoms with Gasteiger partial charge in [0, 0.05) is 42.1 Å². The molecule has 0 bridgehead atoms. The lowest BCUT2D eigenvalue weighted by Crippen LogP contribution is -2.18. The maximum Gasteiger partial charge on any atom is 0.123 e. The molecule has 1 aromatic heterocycles. The topological polar surface area (TPSA) is 28.2 Å². The second-order valence-corrected chi connectivity index (χ2v) is 6.69. The van der Waals surface area contributed by atoms with Crippen molar-refractivity contribution in [2.24, 2.45) is 0 Å². The van der Waals surface area contributed by atoms with Gasteiger partial charge in [-0.3, -0.25) is 4.98 Å². The van der Waals surface area contributed by atoms with E-state index in [1.165, 1.54) is 36.0 Å². The van der Waals surface area contributed by atoms with Crippen molar-refractivity contribution in [2.45, 2.75) is 26.3 Å². The molecule has 1 aliphatic rings. The summed E-state index contributed by atoms with van der Waals surface area (Å²) >= 11 is 0. The van der Waals surface area contributed by atoms with Gasteiger partial charge in [-0.15, -0.1) is 0 Å². The predicted octanol–water partition coefficient (Wildman–Crippen LogP) is 4.89. The smallest absolute Gasteiger partial charge is 0.123 e. The van der Waals surface area contributed by atoms with Gasteiger partial charge in [0.25, 0.3) is 0 Å². The quantitative estimate of drug-likeness (QED) is 0.735. The Morgan fingerprint density at radius 1 is 1.04 bits per heavy atom. The first kappa shape index (κ1) is 15.9. The number of hydrogen-bond donors (Lipinski definition) is 1. The average molecular weight is 335 g/mol. The molecule has 0 spiro atoms. The van der Waals surface area contributed by atoms with Gasteiger partial charge in [0.15, 0.2) is 0 Å². The van der Waals surface area contributed by atoms with Crippen molar-refractivity contribution in [3.05, 3.63) is 65.6 Å². The standard InChI is InChI=1S/C21H22FN3/c1-15-12-21(25-10-2-3-11-25)19-9-8-18(13-20(19)24-15)23-14-16-4-6-17(22)7-5-16/h4-9,12-13,23H,2-3,10-11,14H2,1H3. The number of aryl methyl sites for hydroxylation is 1. The normalized spacial score (nSPS) is 14.2. The van der Waals surface area contributed by atoms with E-state index in [0.29, 0.717) is 6.54 Å². The number of hydrogen-bond acceptors (Lipinski definition) is 3. The summed E-state index contributed by atoms with van der Waals surface area (Å²) in [7, 11) is 0. The lowest BCUT2D eigenvalue weighted by Gasteiger charge is -2.20. The van der Waals surface area contributed by atoms with Crippen molar-refractivity contribution in [3.63, 3.8) is 0 Å². The van der Waals surface area contributed by atoms with Crippen LogP contribution in [0.5, 0.6) is 0 Å². The molecule has 2 aromatic carbocycles. The minimum absolute atomic E-state index is 0.205. The fourth-order valence-corrected chi connectivity index (χ4v) is 3.47. The SMILES string of the molecule is Cc1cc(N2CCCC2)c2ccc(NCc3ccc(F)cc3)cc2n1. The van der Waals surface area contributed by atoms with Gasteiger partial charge < -0.3 is 10.2 Å². The summed E-state index contributed by atoms with van der Waals surface area (Å²) in [6.45, 7) is 4.97. The van der Waals surface area contributed by atoms with Crippen LogP contribution in [0.2, 0.25) is 0 Å². The van der Waals surface area contributed by atoms with Crippen LogP contribution < -0.4 is 10.2 Å². The van der Waals surface area contributed by atoms with Crippen LogP contribution in [0.3, 0.4) is 0 Å². The number of fused-ring (bicyclic) bond motifs is 1. The number of anilines is 2. The maximum absolute atomic E-state index is 13.0. The molecule has 25 heavy (non-hydrogen) atoms. The largest absolute Gasteiger partial charge is 0.381 e.